The molecule has 1 aliphatic heterocycles. The number of hydrogen-bond acceptors (Lipinski definition) is 5. The van der Waals surface area contributed by atoms with Crippen LogP contribution in [0.4, 0.5) is 15.9 Å². The number of aliphatic carboxylic acids is 1. The van der Waals surface area contributed by atoms with Gasteiger partial charge in [0.1, 0.15) is 34.7 Å². The highest BCUT2D eigenvalue weighted by Gasteiger charge is 2.30. The summed E-state index contributed by atoms with van der Waals surface area (Å²) in [7, 11) is 0. The third kappa shape index (κ3) is 3.97. The summed E-state index contributed by atoms with van der Waals surface area (Å²) in [4.78, 5) is 24.5. The topological polar surface area (TPSA) is 105 Å². The molecule has 3 N–H and O–H groups in total. The zero-order valence-electron chi connectivity index (χ0n) is 16.5. The minimum Gasteiger partial charge on any atom is -0.494 e. The van der Waals surface area contributed by atoms with Gasteiger partial charge >= 0.3 is 5.97 Å². The summed E-state index contributed by atoms with van der Waals surface area (Å²) in [6, 6.07) is 12.0. The first kappa shape index (κ1) is 20.1. The van der Waals surface area contributed by atoms with Crippen LogP contribution in [0.25, 0.3) is 0 Å². The zero-order valence-corrected chi connectivity index (χ0v) is 16.5. The van der Waals surface area contributed by atoms with E-state index in [0.29, 0.717) is 18.0 Å². The number of fused-ring (bicyclic) bond motifs is 1. The van der Waals surface area contributed by atoms with E-state index in [1.165, 1.54) is 23.0 Å². The summed E-state index contributed by atoms with van der Waals surface area (Å²) in [5.41, 5.74) is 0.730. The van der Waals surface area contributed by atoms with Crippen molar-refractivity contribution in [1.82, 2.24) is 9.78 Å². The Morgan fingerprint density at radius 2 is 1.97 bits per heavy atom. The average molecular weight is 422 g/mol. The van der Waals surface area contributed by atoms with E-state index in [9.17, 15) is 19.1 Å². The van der Waals surface area contributed by atoms with Crippen molar-refractivity contribution in [3.8, 4) is 5.75 Å². The molecule has 8 nitrogen and oxygen atoms in total. The molecule has 1 atom stereocenters. The third-order valence-electron chi connectivity index (χ3n) is 4.76. The van der Waals surface area contributed by atoms with Gasteiger partial charge in [0.25, 0.3) is 5.91 Å². The lowest BCUT2D eigenvalue weighted by Gasteiger charge is -2.24. The van der Waals surface area contributed by atoms with E-state index >= 15 is 0 Å². The summed E-state index contributed by atoms with van der Waals surface area (Å²) in [5.74, 6) is -1.38. The Morgan fingerprint density at radius 1 is 1.23 bits per heavy atom. The van der Waals surface area contributed by atoms with Gasteiger partial charge in [0.05, 0.1) is 12.8 Å². The molecule has 1 amide bonds. The first-order chi connectivity index (χ1) is 15.0. The number of ether oxygens (including phenoxy) is 1. The van der Waals surface area contributed by atoms with Crippen molar-refractivity contribution in [1.29, 1.82) is 0 Å². The van der Waals surface area contributed by atoms with Crippen molar-refractivity contribution >= 4 is 23.4 Å². The van der Waals surface area contributed by atoms with E-state index in [4.69, 9.17) is 4.74 Å². The van der Waals surface area contributed by atoms with Gasteiger partial charge < -0.3 is 20.5 Å². The number of aromatic nitrogens is 2. The first-order valence-electron chi connectivity index (χ1n) is 9.56. The van der Waals surface area contributed by atoms with Crippen LogP contribution in [0.3, 0.4) is 0 Å². The Hall–Kier alpha value is -4.14. The number of carbonyl (C=O) groups excluding carboxylic acids is 1. The molecule has 0 unspecified atom stereocenters. The molecule has 0 radical (unpaired) electrons. The Bertz CT molecular complexity index is 1170. The van der Waals surface area contributed by atoms with Crippen LogP contribution in [0.2, 0.25) is 0 Å². The van der Waals surface area contributed by atoms with E-state index in [1.54, 1.807) is 42.5 Å². The first-order valence-corrected chi connectivity index (χ1v) is 9.56. The quantitative estimate of drug-likeness (QED) is 0.560. The molecule has 0 bridgehead atoms. The largest absolute Gasteiger partial charge is 0.494 e. The van der Waals surface area contributed by atoms with Crippen molar-refractivity contribution < 1.29 is 23.8 Å². The number of benzene rings is 2. The Labute approximate surface area is 177 Å². The van der Waals surface area contributed by atoms with Gasteiger partial charge in [-0.1, -0.05) is 18.2 Å². The molecule has 4 rings (SSSR count). The molecule has 3 aromatic rings. The van der Waals surface area contributed by atoms with Gasteiger partial charge in [-0.2, -0.15) is 5.10 Å². The third-order valence-corrected chi connectivity index (χ3v) is 4.76. The highest BCUT2D eigenvalue weighted by molar-refractivity contribution is 6.08. The number of allylic oxidation sites excluding steroid dienone is 1. The highest BCUT2D eigenvalue weighted by Crippen LogP contribution is 2.33. The SMILES string of the molecule is CCOc1ccc(NC(=O)c2cnn3c2NC(C(=O)O)=C[C@@H]3c2ccccc2F)cc1. The van der Waals surface area contributed by atoms with Gasteiger partial charge in [0, 0.05) is 11.3 Å². The number of anilines is 2. The molecular formula is C22H19FN4O4. The number of carbonyl (C=O) groups is 2. The maximum absolute atomic E-state index is 14.4. The van der Waals surface area contributed by atoms with Crippen LogP contribution in [0.1, 0.15) is 28.9 Å². The second-order valence-electron chi connectivity index (χ2n) is 6.74. The molecule has 0 saturated carbocycles. The van der Waals surface area contributed by atoms with Gasteiger partial charge in [0.2, 0.25) is 0 Å². The van der Waals surface area contributed by atoms with Crippen LogP contribution < -0.4 is 15.4 Å². The summed E-state index contributed by atoms with van der Waals surface area (Å²) < 4.78 is 21.2. The highest BCUT2D eigenvalue weighted by atomic mass is 19.1. The minimum absolute atomic E-state index is 0.127. The molecule has 2 heterocycles. The second kappa shape index (κ2) is 8.31. The fourth-order valence-electron chi connectivity index (χ4n) is 3.32. The van der Waals surface area contributed by atoms with Crippen molar-refractivity contribution in [3.63, 3.8) is 0 Å². The predicted octanol–water partition coefficient (Wildman–Crippen LogP) is 3.66. The van der Waals surface area contributed by atoms with Gasteiger partial charge in [-0.25, -0.2) is 13.9 Å². The van der Waals surface area contributed by atoms with E-state index in [0.717, 1.165) is 0 Å². The zero-order chi connectivity index (χ0) is 22.0. The predicted molar refractivity (Wildman–Crippen MR) is 112 cm³/mol. The normalized spacial score (nSPS) is 14.8. The monoisotopic (exact) mass is 422 g/mol. The van der Waals surface area contributed by atoms with Gasteiger partial charge in [-0.05, 0) is 43.3 Å². The molecule has 0 fully saturated rings. The summed E-state index contributed by atoms with van der Waals surface area (Å²) in [6.45, 7) is 2.41. The smallest absolute Gasteiger partial charge is 0.352 e. The molecule has 1 aromatic heterocycles. The maximum atomic E-state index is 14.4. The molecule has 2 aromatic carbocycles. The Kier molecular flexibility index (Phi) is 5.40. The lowest BCUT2D eigenvalue weighted by Crippen LogP contribution is -2.26. The number of carboxylic acids is 1. The van der Waals surface area contributed by atoms with Crippen LogP contribution in [-0.2, 0) is 4.79 Å². The van der Waals surface area contributed by atoms with Crippen molar-refractivity contribution in [2.75, 3.05) is 17.2 Å². The van der Waals surface area contributed by atoms with E-state index < -0.39 is 23.7 Å². The van der Waals surface area contributed by atoms with Crippen LogP contribution in [0, 0.1) is 5.82 Å². The Morgan fingerprint density at radius 3 is 2.65 bits per heavy atom. The average Bonchev–Trinajstić information content (AvgIpc) is 3.19. The van der Waals surface area contributed by atoms with Crippen LogP contribution in [0.15, 0.2) is 66.5 Å². The molecule has 0 spiro atoms. The lowest BCUT2D eigenvalue weighted by atomic mass is 10.0. The number of carboxylic acid groups (broad SMARTS) is 1. The number of amides is 1. The van der Waals surface area contributed by atoms with E-state index in [1.807, 2.05) is 6.92 Å². The fraction of sp³-hybridized carbons (Fsp3) is 0.136. The van der Waals surface area contributed by atoms with Crippen molar-refractivity contribution in [2.45, 2.75) is 13.0 Å². The summed E-state index contributed by atoms with van der Waals surface area (Å²) in [6.07, 6.45) is 2.67. The molecule has 1 aliphatic rings. The molecule has 0 aliphatic carbocycles. The molecule has 158 valence electrons. The number of hydrogen-bond donors (Lipinski definition) is 3. The molecular weight excluding hydrogens is 403 g/mol. The van der Waals surface area contributed by atoms with Crippen molar-refractivity contribution in [2.24, 2.45) is 0 Å². The van der Waals surface area contributed by atoms with Crippen molar-refractivity contribution in [3.05, 3.63) is 83.4 Å². The van der Waals surface area contributed by atoms with Gasteiger partial charge in [-0.3, -0.25) is 4.79 Å². The Balaban J connectivity index is 1.66. The summed E-state index contributed by atoms with van der Waals surface area (Å²) in [5, 5.41) is 19.2. The van der Waals surface area contributed by atoms with Crippen LogP contribution >= 0.6 is 0 Å². The maximum Gasteiger partial charge on any atom is 0.352 e. The van der Waals surface area contributed by atoms with Gasteiger partial charge in [-0.15, -0.1) is 0 Å². The van der Waals surface area contributed by atoms with Gasteiger partial charge in [0.15, 0.2) is 0 Å². The number of rotatable bonds is 6. The minimum atomic E-state index is -1.23. The number of nitrogens with zero attached hydrogens (tertiary/aromatic N) is 2. The van der Waals surface area contributed by atoms with E-state index in [2.05, 4.69) is 15.7 Å². The summed E-state index contributed by atoms with van der Waals surface area (Å²) >= 11 is 0. The number of nitrogens with one attached hydrogen (secondary N) is 2. The molecule has 9 heteroatoms. The lowest BCUT2D eigenvalue weighted by molar-refractivity contribution is -0.132. The molecule has 0 saturated heterocycles. The molecule has 31 heavy (non-hydrogen) atoms. The standard InChI is InChI=1S/C22H19FN4O4/c1-2-31-14-9-7-13(8-10-14)25-21(28)16-12-24-27-19(15-5-3-4-6-17(15)23)11-18(22(29)30)26-20(16)27/h3-12,19,26H,2H2,1H3,(H,25,28)(H,29,30)/t19-/m1/s1. The van der Waals surface area contributed by atoms with E-state index in [-0.39, 0.29) is 22.6 Å². The fourth-order valence-corrected chi connectivity index (χ4v) is 3.32. The van der Waals surface area contributed by atoms with Crippen LogP contribution in [0.5, 0.6) is 5.75 Å². The second-order valence-corrected chi connectivity index (χ2v) is 6.74. The van der Waals surface area contributed by atoms with Crippen LogP contribution in [-0.4, -0.2) is 33.4 Å². The number of halogens is 1.